The zero-order chi connectivity index (χ0) is 29.1. The van der Waals surface area contributed by atoms with Gasteiger partial charge in [-0.2, -0.15) is 13.2 Å². The number of hydrogen-bond donors (Lipinski definition) is 2. The average Bonchev–Trinajstić information content (AvgIpc) is 3.24. The number of benzene rings is 1. The Bertz CT molecular complexity index is 1530. The van der Waals surface area contributed by atoms with Crippen LogP contribution >= 0.6 is 11.8 Å². The molecule has 1 aliphatic rings. The smallest absolute Gasteiger partial charge is 0.447 e. The molecule has 8 nitrogen and oxygen atoms in total. The largest absolute Gasteiger partial charge is 0.495 e. The van der Waals surface area contributed by atoms with Crippen LogP contribution in [0, 0.1) is 11.8 Å². The number of fused-ring (bicyclic) bond motifs is 1. The van der Waals surface area contributed by atoms with Crippen LogP contribution < -0.4 is 15.4 Å². The van der Waals surface area contributed by atoms with E-state index in [1.807, 2.05) is 11.9 Å². The lowest BCUT2D eigenvalue weighted by atomic mass is 10.0. The molecule has 0 bridgehead atoms. The Morgan fingerprint density at radius 2 is 2.02 bits per heavy atom. The number of alkyl halides is 4. The van der Waals surface area contributed by atoms with E-state index in [9.17, 15) is 26.0 Å². The summed E-state index contributed by atoms with van der Waals surface area (Å²) in [5.41, 5.74) is -3.55. The van der Waals surface area contributed by atoms with Crippen LogP contribution in [-0.4, -0.2) is 80.0 Å². The molecular formula is C26H29F4N5O3S2. The fraction of sp³-hybridized carbons (Fsp3) is 0.423. The van der Waals surface area contributed by atoms with Crippen molar-refractivity contribution in [1.82, 2.24) is 14.3 Å². The topological polar surface area (TPSA) is 88.0 Å². The van der Waals surface area contributed by atoms with Crippen LogP contribution in [0.15, 0.2) is 46.5 Å². The number of halogens is 4. The van der Waals surface area contributed by atoms with Gasteiger partial charge in [0.1, 0.15) is 22.6 Å². The van der Waals surface area contributed by atoms with Crippen molar-refractivity contribution in [2.75, 3.05) is 50.2 Å². The summed E-state index contributed by atoms with van der Waals surface area (Å²) in [4.78, 5) is 6.38. The number of nitrogens with zero attached hydrogens (tertiary/aromatic N) is 3. The van der Waals surface area contributed by atoms with E-state index < -0.39 is 27.6 Å². The van der Waals surface area contributed by atoms with Crippen LogP contribution in [0.5, 0.6) is 5.75 Å². The lowest BCUT2D eigenvalue weighted by molar-refractivity contribution is -0.0329. The molecule has 3 aromatic rings. The molecule has 0 amide bonds. The van der Waals surface area contributed by atoms with Crippen molar-refractivity contribution in [3.8, 4) is 17.6 Å². The third-order valence-electron chi connectivity index (χ3n) is 6.39. The van der Waals surface area contributed by atoms with Gasteiger partial charge in [-0.1, -0.05) is 12.8 Å². The molecule has 1 aromatic carbocycles. The standard InChI is InChI=1S/C26H29F4N5O3S2/c1-4-40(36,37)17-9-10-20(23(15-17)38-3)31-12-5-7-22-25(39-26(28,29)30)35-13-6-8-21(24(35)33-22)32-19-11-14-34(2)16-18(19)27/h6,8-10,13,15,18-19,31-32H,4,11-12,14,16H2,1-3H3/t18-,19+/m0/s1. The summed E-state index contributed by atoms with van der Waals surface area (Å²) >= 11 is -0.322. The van der Waals surface area contributed by atoms with E-state index in [1.165, 1.54) is 35.9 Å². The van der Waals surface area contributed by atoms with Crippen LogP contribution in [-0.2, 0) is 9.84 Å². The predicted octanol–water partition coefficient (Wildman–Crippen LogP) is 4.67. The zero-order valence-electron chi connectivity index (χ0n) is 22.0. The van der Waals surface area contributed by atoms with E-state index >= 15 is 0 Å². The maximum absolute atomic E-state index is 14.6. The molecule has 1 aliphatic heterocycles. The van der Waals surface area contributed by atoms with Gasteiger partial charge in [0.15, 0.2) is 15.5 Å². The molecule has 40 heavy (non-hydrogen) atoms. The van der Waals surface area contributed by atoms with Crippen LogP contribution in [0.1, 0.15) is 19.0 Å². The first kappa shape index (κ1) is 29.8. The van der Waals surface area contributed by atoms with Crippen molar-refractivity contribution in [3.05, 3.63) is 42.2 Å². The molecule has 1 saturated heterocycles. The molecule has 4 rings (SSSR count). The van der Waals surface area contributed by atoms with Crippen molar-refractivity contribution in [1.29, 1.82) is 0 Å². The van der Waals surface area contributed by atoms with E-state index in [0.29, 0.717) is 24.3 Å². The number of pyridine rings is 1. The molecule has 3 heterocycles. The lowest BCUT2D eigenvalue weighted by Crippen LogP contribution is -2.46. The van der Waals surface area contributed by atoms with E-state index in [1.54, 1.807) is 19.1 Å². The number of aromatic nitrogens is 2. The molecule has 2 N–H and O–H groups in total. The Labute approximate surface area is 234 Å². The maximum atomic E-state index is 14.6. The number of nitrogens with one attached hydrogen (secondary N) is 2. The van der Waals surface area contributed by atoms with Gasteiger partial charge in [0.05, 0.1) is 41.7 Å². The predicted molar refractivity (Wildman–Crippen MR) is 148 cm³/mol. The summed E-state index contributed by atoms with van der Waals surface area (Å²) in [5.74, 6) is 5.72. The number of sulfone groups is 1. The van der Waals surface area contributed by atoms with Gasteiger partial charge in [0, 0.05) is 37.1 Å². The zero-order valence-corrected chi connectivity index (χ0v) is 23.7. The van der Waals surface area contributed by atoms with Gasteiger partial charge >= 0.3 is 5.51 Å². The third kappa shape index (κ3) is 6.94. The summed E-state index contributed by atoms with van der Waals surface area (Å²) in [5, 5.41) is 5.91. The normalized spacial score (nSPS) is 18.3. The van der Waals surface area contributed by atoms with Crippen LogP contribution in [0.25, 0.3) is 5.65 Å². The molecule has 0 saturated carbocycles. The minimum atomic E-state index is -4.58. The molecule has 2 aromatic heterocycles. The van der Waals surface area contributed by atoms with E-state index in [4.69, 9.17) is 4.74 Å². The van der Waals surface area contributed by atoms with Gasteiger partial charge in [-0.05, 0) is 43.7 Å². The Hall–Kier alpha value is -3.15. The summed E-state index contributed by atoms with van der Waals surface area (Å²) in [7, 11) is -0.198. The van der Waals surface area contributed by atoms with Crippen LogP contribution in [0.2, 0.25) is 0 Å². The molecule has 1 fully saturated rings. The molecule has 0 aliphatic carbocycles. The number of imidazole rings is 1. The number of methoxy groups -OCH3 is 1. The van der Waals surface area contributed by atoms with E-state index in [0.717, 1.165) is 0 Å². The monoisotopic (exact) mass is 599 g/mol. The molecule has 0 unspecified atom stereocenters. The fourth-order valence-corrected chi connectivity index (χ4v) is 5.86. The number of hydrogen-bond acceptors (Lipinski definition) is 8. The third-order valence-corrected chi connectivity index (χ3v) is 8.94. The Balaban J connectivity index is 1.60. The Kier molecular flexibility index (Phi) is 9.06. The lowest BCUT2D eigenvalue weighted by Gasteiger charge is -2.33. The van der Waals surface area contributed by atoms with E-state index in [-0.39, 0.29) is 57.6 Å². The highest BCUT2D eigenvalue weighted by atomic mass is 32.2. The summed E-state index contributed by atoms with van der Waals surface area (Å²) in [6, 6.07) is 7.12. The quantitative estimate of drug-likeness (QED) is 0.220. The first-order valence-corrected chi connectivity index (χ1v) is 14.9. The summed E-state index contributed by atoms with van der Waals surface area (Å²) < 4.78 is 85.9. The van der Waals surface area contributed by atoms with E-state index in [2.05, 4.69) is 27.5 Å². The van der Waals surface area contributed by atoms with Crippen molar-refractivity contribution in [2.45, 2.75) is 41.0 Å². The number of piperidine rings is 1. The van der Waals surface area contributed by atoms with Crippen LogP contribution in [0.3, 0.4) is 0 Å². The number of rotatable bonds is 8. The van der Waals surface area contributed by atoms with Crippen molar-refractivity contribution >= 4 is 38.6 Å². The molecule has 216 valence electrons. The number of likely N-dealkylation sites (tertiary alicyclic amines) is 1. The van der Waals surface area contributed by atoms with Gasteiger partial charge in [-0.25, -0.2) is 17.8 Å². The van der Waals surface area contributed by atoms with Gasteiger partial charge in [-0.15, -0.1) is 0 Å². The van der Waals surface area contributed by atoms with Gasteiger partial charge < -0.3 is 20.3 Å². The Morgan fingerprint density at radius 1 is 1.25 bits per heavy atom. The molecule has 0 radical (unpaired) electrons. The Morgan fingerprint density at radius 3 is 2.70 bits per heavy atom. The van der Waals surface area contributed by atoms with Crippen LogP contribution in [0.4, 0.5) is 28.9 Å². The maximum Gasteiger partial charge on any atom is 0.447 e. The minimum absolute atomic E-state index is 0.0183. The number of thioether (sulfide) groups is 1. The van der Waals surface area contributed by atoms with Crippen molar-refractivity contribution in [2.24, 2.45) is 0 Å². The van der Waals surface area contributed by atoms with Gasteiger partial charge in [0.2, 0.25) is 0 Å². The molecular weight excluding hydrogens is 570 g/mol. The van der Waals surface area contributed by atoms with Crippen molar-refractivity contribution < 1.29 is 30.7 Å². The highest BCUT2D eigenvalue weighted by Crippen LogP contribution is 2.39. The highest BCUT2D eigenvalue weighted by molar-refractivity contribution is 8.00. The average molecular weight is 600 g/mol. The highest BCUT2D eigenvalue weighted by Gasteiger charge is 2.34. The number of anilines is 2. The number of ether oxygens (including phenoxy) is 1. The fourth-order valence-electron chi connectivity index (χ4n) is 4.31. The second kappa shape index (κ2) is 12.2. The summed E-state index contributed by atoms with van der Waals surface area (Å²) in [6.45, 7) is 2.51. The molecule has 2 atom stereocenters. The first-order chi connectivity index (χ1) is 18.9. The second-order valence-electron chi connectivity index (χ2n) is 9.17. The second-order valence-corrected chi connectivity index (χ2v) is 12.5. The van der Waals surface area contributed by atoms with Crippen molar-refractivity contribution in [3.63, 3.8) is 0 Å². The summed E-state index contributed by atoms with van der Waals surface area (Å²) in [6.07, 6.45) is 0.858. The SMILES string of the molecule is CCS(=O)(=O)c1ccc(NCC#Cc2nc3c(N[C@@H]4CCN(C)C[C@@H]4F)cccn3c2SC(F)(F)F)c(OC)c1. The molecule has 14 heteroatoms. The first-order valence-electron chi connectivity index (χ1n) is 12.4. The molecule has 0 spiro atoms. The van der Waals surface area contributed by atoms with Gasteiger partial charge in [0.25, 0.3) is 0 Å². The minimum Gasteiger partial charge on any atom is -0.495 e. The van der Waals surface area contributed by atoms with Gasteiger partial charge in [-0.3, -0.25) is 4.40 Å².